The largest absolute Gasteiger partial charge is 0.350 e. The van der Waals surface area contributed by atoms with Crippen molar-refractivity contribution in [2.45, 2.75) is 69.9 Å². The molecule has 2 atom stereocenters. The average Bonchev–Trinajstić information content (AvgIpc) is 3.48. The minimum Gasteiger partial charge on any atom is -0.350 e. The average molecular weight is 480 g/mol. The molecule has 1 N–H and O–H groups in total. The van der Waals surface area contributed by atoms with Crippen LogP contribution in [0.5, 0.6) is 0 Å². The fraction of sp³-hybridized carbons (Fsp3) is 0.571. The molecule has 1 aromatic heterocycles. The number of benzene rings is 1. The van der Waals surface area contributed by atoms with Crippen LogP contribution in [0.1, 0.15) is 62.5 Å². The van der Waals surface area contributed by atoms with Crippen LogP contribution in [0.2, 0.25) is 0 Å². The van der Waals surface area contributed by atoms with Crippen molar-refractivity contribution in [3.63, 3.8) is 0 Å². The van der Waals surface area contributed by atoms with E-state index in [0.717, 1.165) is 58.4 Å². The van der Waals surface area contributed by atoms with Gasteiger partial charge in [-0.05, 0) is 79.4 Å². The quantitative estimate of drug-likeness (QED) is 0.630. The van der Waals surface area contributed by atoms with Crippen LogP contribution in [0.25, 0.3) is 0 Å². The number of thiophene rings is 1. The number of likely N-dealkylation sites (tertiary alicyclic amines) is 2. The lowest BCUT2D eigenvalue weighted by atomic mass is 9.73. The fourth-order valence-electron chi connectivity index (χ4n) is 6.51. The lowest BCUT2D eigenvalue weighted by Crippen LogP contribution is -2.53. The molecule has 2 amide bonds. The van der Waals surface area contributed by atoms with Gasteiger partial charge in [0.1, 0.15) is 0 Å². The number of amides is 2. The second-order valence-corrected chi connectivity index (χ2v) is 11.6. The third kappa shape index (κ3) is 5.55. The molecule has 0 aliphatic carbocycles. The van der Waals surface area contributed by atoms with E-state index in [1.54, 1.807) is 11.3 Å². The first kappa shape index (κ1) is 23.6. The standard InChI is InChI=1S/C28H37N3O2S/c32-25-8-13-28(29-25,18-24-10-17-34-20-24)14-9-26(33)31-16-5-12-27(22-31)11-4-15-30(21-27)19-23-6-2-1-3-7-23/h1-3,6-7,10,17,20H,4-5,8-9,11-16,18-19,21-22H2,(H,29,32). The molecule has 0 radical (unpaired) electrons. The number of nitrogens with one attached hydrogen (secondary N) is 1. The molecule has 1 spiro atoms. The molecule has 2 aromatic rings. The fourth-order valence-corrected chi connectivity index (χ4v) is 7.18. The Kier molecular flexibility index (Phi) is 7.07. The zero-order valence-corrected chi connectivity index (χ0v) is 21.0. The Labute approximate surface area is 207 Å². The van der Waals surface area contributed by atoms with Crippen LogP contribution in [0, 0.1) is 5.41 Å². The van der Waals surface area contributed by atoms with Gasteiger partial charge < -0.3 is 10.2 Å². The minimum atomic E-state index is -0.265. The smallest absolute Gasteiger partial charge is 0.222 e. The molecule has 3 aliphatic heterocycles. The van der Waals surface area contributed by atoms with Gasteiger partial charge in [-0.2, -0.15) is 11.3 Å². The van der Waals surface area contributed by atoms with E-state index in [2.05, 4.69) is 62.3 Å². The number of rotatable bonds is 7. The van der Waals surface area contributed by atoms with Crippen LogP contribution in [0.3, 0.4) is 0 Å². The first-order chi connectivity index (χ1) is 16.5. The van der Waals surface area contributed by atoms with E-state index in [9.17, 15) is 9.59 Å². The Morgan fingerprint density at radius 3 is 2.56 bits per heavy atom. The lowest BCUT2D eigenvalue weighted by Gasteiger charge is -2.48. The molecule has 5 rings (SSSR count). The number of nitrogens with zero attached hydrogens (tertiary/aromatic N) is 2. The first-order valence-corrected chi connectivity index (χ1v) is 13.8. The third-order valence-corrected chi connectivity index (χ3v) is 8.91. The molecule has 4 heterocycles. The highest BCUT2D eigenvalue weighted by Gasteiger charge is 2.42. The summed E-state index contributed by atoms with van der Waals surface area (Å²) in [6, 6.07) is 12.9. The Morgan fingerprint density at radius 2 is 1.82 bits per heavy atom. The van der Waals surface area contributed by atoms with Gasteiger partial charge in [-0.25, -0.2) is 0 Å². The van der Waals surface area contributed by atoms with Gasteiger partial charge in [-0.3, -0.25) is 14.5 Å². The van der Waals surface area contributed by atoms with Crippen molar-refractivity contribution < 1.29 is 9.59 Å². The van der Waals surface area contributed by atoms with Gasteiger partial charge >= 0.3 is 0 Å². The van der Waals surface area contributed by atoms with Crippen LogP contribution in [-0.4, -0.2) is 53.3 Å². The number of hydrogen-bond donors (Lipinski definition) is 1. The summed E-state index contributed by atoms with van der Waals surface area (Å²) in [6.45, 7) is 5.00. The summed E-state index contributed by atoms with van der Waals surface area (Å²) < 4.78 is 0. The Bertz CT molecular complexity index is 975. The summed E-state index contributed by atoms with van der Waals surface area (Å²) in [4.78, 5) is 30.2. The van der Waals surface area contributed by atoms with Gasteiger partial charge in [0, 0.05) is 50.0 Å². The van der Waals surface area contributed by atoms with Crippen LogP contribution < -0.4 is 5.32 Å². The van der Waals surface area contributed by atoms with E-state index in [0.29, 0.717) is 12.8 Å². The number of hydrogen-bond acceptors (Lipinski definition) is 4. The lowest BCUT2D eigenvalue weighted by molar-refractivity contribution is -0.136. The summed E-state index contributed by atoms with van der Waals surface area (Å²) in [5, 5.41) is 7.48. The predicted molar refractivity (Wildman–Crippen MR) is 137 cm³/mol. The third-order valence-electron chi connectivity index (χ3n) is 8.18. The predicted octanol–water partition coefficient (Wildman–Crippen LogP) is 4.62. The number of carbonyl (C=O) groups is 2. The first-order valence-electron chi connectivity index (χ1n) is 12.9. The maximum absolute atomic E-state index is 13.4. The summed E-state index contributed by atoms with van der Waals surface area (Å²) in [5.74, 6) is 0.394. The van der Waals surface area contributed by atoms with Crippen molar-refractivity contribution in [2.24, 2.45) is 5.41 Å². The van der Waals surface area contributed by atoms with E-state index in [1.807, 2.05) is 0 Å². The van der Waals surface area contributed by atoms with Crippen LogP contribution in [0.4, 0.5) is 0 Å². The van der Waals surface area contributed by atoms with E-state index in [4.69, 9.17) is 0 Å². The minimum absolute atomic E-state index is 0.125. The van der Waals surface area contributed by atoms with Gasteiger partial charge in [-0.1, -0.05) is 30.3 Å². The normalized spacial score (nSPS) is 27.8. The van der Waals surface area contributed by atoms with Crippen LogP contribution >= 0.6 is 11.3 Å². The number of piperidine rings is 2. The molecule has 1 aromatic carbocycles. The highest BCUT2D eigenvalue weighted by Crippen LogP contribution is 2.39. The molecule has 0 bridgehead atoms. The molecular formula is C28H37N3O2S. The summed E-state index contributed by atoms with van der Waals surface area (Å²) in [6.07, 6.45) is 8.24. The van der Waals surface area contributed by atoms with E-state index < -0.39 is 0 Å². The van der Waals surface area contributed by atoms with Crippen molar-refractivity contribution in [2.75, 3.05) is 26.2 Å². The molecule has 3 saturated heterocycles. The second-order valence-electron chi connectivity index (χ2n) is 10.9. The molecule has 2 unspecified atom stereocenters. The number of carbonyl (C=O) groups excluding carboxylic acids is 2. The van der Waals surface area contributed by atoms with Crippen molar-refractivity contribution in [3.05, 3.63) is 58.3 Å². The molecule has 3 fully saturated rings. The SMILES string of the molecule is O=C1CCC(CCC(=O)N2CCCC3(CCCN(Cc4ccccc4)C3)C2)(Cc2ccsc2)N1. The summed E-state index contributed by atoms with van der Waals surface area (Å²) in [5.41, 5.74) is 2.60. The Balaban J connectivity index is 1.19. The van der Waals surface area contributed by atoms with Crippen molar-refractivity contribution in [3.8, 4) is 0 Å². The van der Waals surface area contributed by atoms with E-state index >= 15 is 0 Å². The maximum atomic E-state index is 13.4. The molecule has 34 heavy (non-hydrogen) atoms. The summed E-state index contributed by atoms with van der Waals surface area (Å²) >= 11 is 1.69. The molecular weight excluding hydrogens is 442 g/mol. The van der Waals surface area contributed by atoms with Crippen LogP contribution in [0.15, 0.2) is 47.2 Å². The van der Waals surface area contributed by atoms with Gasteiger partial charge in [0.05, 0.1) is 0 Å². The zero-order valence-electron chi connectivity index (χ0n) is 20.1. The molecule has 5 nitrogen and oxygen atoms in total. The highest BCUT2D eigenvalue weighted by atomic mass is 32.1. The van der Waals surface area contributed by atoms with Gasteiger partial charge in [-0.15, -0.1) is 0 Å². The van der Waals surface area contributed by atoms with Crippen LogP contribution in [-0.2, 0) is 22.6 Å². The molecule has 182 valence electrons. The second kappa shape index (κ2) is 10.2. The van der Waals surface area contributed by atoms with Gasteiger partial charge in [0.15, 0.2) is 0 Å². The summed E-state index contributed by atoms with van der Waals surface area (Å²) in [7, 11) is 0. The Hall–Kier alpha value is -2.18. The molecule has 0 saturated carbocycles. The maximum Gasteiger partial charge on any atom is 0.222 e. The topological polar surface area (TPSA) is 52.7 Å². The zero-order chi connectivity index (χ0) is 23.4. The van der Waals surface area contributed by atoms with Crippen molar-refractivity contribution in [1.82, 2.24) is 15.1 Å². The van der Waals surface area contributed by atoms with Gasteiger partial charge in [0.25, 0.3) is 0 Å². The Morgan fingerprint density at radius 1 is 1.00 bits per heavy atom. The van der Waals surface area contributed by atoms with Gasteiger partial charge in [0.2, 0.25) is 11.8 Å². The highest BCUT2D eigenvalue weighted by molar-refractivity contribution is 7.07. The van der Waals surface area contributed by atoms with E-state index in [1.165, 1.54) is 30.4 Å². The van der Waals surface area contributed by atoms with E-state index in [-0.39, 0.29) is 22.8 Å². The van der Waals surface area contributed by atoms with Crippen molar-refractivity contribution >= 4 is 23.2 Å². The monoisotopic (exact) mass is 479 g/mol. The van der Waals surface area contributed by atoms with Crippen molar-refractivity contribution in [1.29, 1.82) is 0 Å². The molecule has 3 aliphatic rings. The molecule has 6 heteroatoms.